The van der Waals surface area contributed by atoms with Crippen LogP contribution in [0.25, 0.3) is 0 Å². The highest BCUT2D eigenvalue weighted by atomic mass is 16.5. The highest BCUT2D eigenvalue weighted by Gasteiger charge is 2.08. The Hall–Kier alpha value is -2.36. The lowest BCUT2D eigenvalue weighted by Crippen LogP contribution is -2.11. The molecule has 19 heavy (non-hydrogen) atoms. The van der Waals surface area contributed by atoms with E-state index in [4.69, 9.17) is 4.74 Å². The molecule has 0 aliphatic carbocycles. The fraction of sp³-hybridized carbons (Fsp3) is 0.200. The van der Waals surface area contributed by atoms with Gasteiger partial charge in [-0.15, -0.1) is 0 Å². The van der Waals surface area contributed by atoms with Crippen molar-refractivity contribution in [1.29, 1.82) is 0 Å². The fourth-order valence-electron chi connectivity index (χ4n) is 1.76. The van der Waals surface area contributed by atoms with E-state index >= 15 is 0 Å². The van der Waals surface area contributed by atoms with Crippen LogP contribution in [0.4, 0.5) is 11.5 Å². The van der Waals surface area contributed by atoms with Crippen molar-refractivity contribution < 1.29 is 9.53 Å². The van der Waals surface area contributed by atoms with Gasteiger partial charge in [-0.3, -0.25) is 4.79 Å². The Balaban J connectivity index is 2.29. The van der Waals surface area contributed by atoms with Gasteiger partial charge in [0.1, 0.15) is 11.6 Å². The Labute approximate surface area is 112 Å². The van der Waals surface area contributed by atoms with Gasteiger partial charge in [-0.25, -0.2) is 4.98 Å². The van der Waals surface area contributed by atoms with Crippen LogP contribution in [0.3, 0.4) is 0 Å². The Morgan fingerprint density at radius 1 is 1.21 bits per heavy atom. The molecule has 0 saturated heterocycles. The molecular formula is C15H16N2O2. The van der Waals surface area contributed by atoms with E-state index in [1.54, 1.807) is 32.4 Å². The van der Waals surface area contributed by atoms with Crippen molar-refractivity contribution >= 4 is 17.3 Å². The molecule has 0 atom stereocenters. The zero-order chi connectivity index (χ0) is 13.8. The van der Waals surface area contributed by atoms with Crippen LogP contribution in [0.2, 0.25) is 0 Å². The highest BCUT2D eigenvalue weighted by Crippen LogP contribution is 2.24. The average molecular weight is 256 g/mol. The summed E-state index contributed by atoms with van der Waals surface area (Å²) >= 11 is 0. The van der Waals surface area contributed by atoms with Gasteiger partial charge in [-0.1, -0.05) is 0 Å². The molecule has 0 amide bonds. The first-order valence-corrected chi connectivity index (χ1v) is 5.96. The largest absolute Gasteiger partial charge is 0.497 e. The van der Waals surface area contributed by atoms with E-state index in [1.165, 1.54) is 0 Å². The normalized spacial score (nSPS) is 10.1. The Morgan fingerprint density at radius 2 is 1.89 bits per heavy atom. The molecule has 2 rings (SSSR count). The monoisotopic (exact) mass is 256 g/mol. The summed E-state index contributed by atoms with van der Waals surface area (Å²) in [5, 5.41) is 0. The van der Waals surface area contributed by atoms with Crippen LogP contribution in [0.1, 0.15) is 17.3 Å². The lowest BCUT2D eigenvalue weighted by atomic mass is 10.2. The third kappa shape index (κ3) is 2.91. The van der Waals surface area contributed by atoms with Gasteiger partial charge in [0.15, 0.2) is 5.78 Å². The molecule has 0 aliphatic heterocycles. The molecule has 0 bridgehead atoms. The maximum atomic E-state index is 11.4. The molecule has 1 aromatic heterocycles. The van der Waals surface area contributed by atoms with E-state index in [-0.39, 0.29) is 5.78 Å². The summed E-state index contributed by atoms with van der Waals surface area (Å²) < 4.78 is 5.13. The second-order valence-electron chi connectivity index (χ2n) is 4.22. The Bertz CT molecular complexity index is 579. The minimum absolute atomic E-state index is 0.0341. The van der Waals surface area contributed by atoms with Crippen molar-refractivity contribution in [2.24, 2.45) is 0 Å². The molecule has 4 heteroatoms. The van der Waals surface area contributed by atoms with Crippen molar-refractivity contribution in [1.82, 2.24) is 4.98 Å². The number of rotatable bonds is 4. The summed E-state index contributed by atoms with van der Waals surface area (Å²) in [5.74, 6) is 1.58. The average Bonchev–Trinajstić information content (AvgIpc) is 2.46. The zero-order valence-corrected chi connectivity index (χ0v) is 11.3. The first kappa shape index (κ1) is 13.1. The number of carbonyl (C=O) groups is 1. The molecule has 1 heterocycles. The molecule has 98 valence electrons. The van der Waals surface area contributed by atoms with Crippen molar-refractivity contribution in [3.05, 3.63) is 48.2 Å². The van der Waals surface area contributed by atoms with E-state index in [2.05, 4.69) is 4.98 Å². The van der Waals surface area contributed by atoms with Gasteiger partial charge >= 0.3 is 0 Å². The van der Waals surface area contributed by atoms with Crippen molar-refractivity contribution in [2.45, 2.75) is 6.92 Å². The number of carbonyl (C=O) groups excluding carboxylic acids is 1. The second kappa shape index (κ2) is 5.52. The molecule has 0 aliphatic rings. The van der Waals surface area contributed by atoms with Gasteiger partial charge in [0.2, 0.25) is 0 Å². The lowest BCUT2D eigenvalue weighted by Gasteiger charge is -2.18. The van der Waals surface area contributed by atoms with Crippen molar-refractivity contribution in [3.63, 3.8) is 0 Å². The van der Waals surface area contributed by atoms with E-state index < -0.39 is 0 Å². The van der Waals surface area contributed by atoms with Crippen LogP contribution >= 0.6 is 0 Å². The van der Waals surface area contributed by atoms with Gasteiger partial charge in [-0.05, 0) is 43.3 Å². The second-order valence-corrected chi connectivity index (χ2v) is 4.22. The number of anilines is 2. The standard InChI is InChI=1S/C15H16N2O2/c1-11(18)12-8-9-16-15(10-12)17(2)13-4-6-14(19-3)7-5-13/h4-10H,1-3H3. The highest BCUT2D eigenvalue weighted by molar-refractivity contribution is 5.94. The number of benzene rings is 1. The van der Waals surface area contributed by atoms with E-state index in [0.717, 1.165) is 17.3 Å². The predicted octanol–water partition coefficient (Wildman–Crippen LogP) is 3.06. The number of ether oxygens (including phenoxy) is 1. The van der Waals surface area contributed by atoms with Crippen LogP contribution in [0, 0.1) is 0 Å². The molecule has 0 saturated carbocycles. The van der Waals surface area contributed by atoms with E-state index in [0.29, 0.717) is 5.56 Å². The quantitative estimate of drug-likeness (QED) is 0.788. The molecule has 0 radical (unpaired) electrons. The fourth-order valence-corrected chi connectivity index (χ4v) is 1.76. The molecule has 1 aromatic carbocycles. The predicted molar refractivity (Wildman–Crippen MR) is 75.3 cm³/mol. The van der Waals surface area contributed by atoms with Crippen molar-refractivity contribution in [3.8, 4) is 5.75 Å². The topological polar surface area (TPSA) is 42.4 Å². The zero-order valence-electron chi connectivity index (χ0n) is 11.3. The molecule has 0 unspecified atom stereocenters. The van der Waals surface area contributed by atoms with Gasteiger partial charge in [-0.2, -0.15) is 0 Å². The number of ketones is 1. The first-order valence-electron chi connectivity index (χ1n) is 5.96. The molecule has 0 spiro atoms. The summed E-state index contributed by atoms with van der Waals surface area (Å²) in [5.41, 5.74) is 1.64. The van der Waals surface area contributed by atoms with Crippen LogP contribution < -0.4 is 9.64 Å². The van der Waals surface area contributed by atoms with Gasteiger partial charge in [0.05, 0.1) is 7.11 Å². The van der Waals surface area contributed by atoms with Gasteiger partial charge < -0.3 is 9.64 Å². The Morgan fingerprint density at radius 3 is 2.47 bits per heavy atom. The van der Waals surface area contributed by atoms with Crippen LogP contribution in [-0.2, 0) is 0 Å². The summed E-state index contributed by atoms with van der Waals surface area (Å²) in [6.45, 7) is 1.55. The van der Waals surface area contributed by atoms with Gasteiger partial charge in [0, 0.05) is 24.5 Å². The van der Waals surface area contributed by atoms with Crippen LogP contribution in [0.5, 0.6) is 5.75 Å². The lowest BCUT2D eigenvalue weighted by molar-refractivity contribution is 0.101. The Kier molecular flexibility index (Phi) is 3.80. The summed E-state index contributed by atoms with van der Waals surface area (Å²) in [6, 6.07) is 11.2. The van der Waals surface area contributed by atoms with Crippen LogP contribution in [0.15, 0.2) is 42.6 Å². The summed E-state index contributed by atoms with van der Waals surface area (Å²) in [6.07, 6.45) is 1.64. The maximum absolute atomic E-state index is 11.4. The first-order chi connectivity index (χ1) is 9.11. The SMILES string of the molecule is COc1ccc(N(C)c2cc(C(C)=O)ccn2)cc1. The minimum atomic E-state index is 0.0341. The number of aromatic nitrogens is 1. The van der Waals surface area contributed by atoms with Crippen molar-refractivity contribution in [2.75, 3.05) is 19.1 Å². The van der Waals surface area contributed by atoms with Crippen LogP contribution in [-0.4, -0.2) is 24.9 Å². The molecular weight excluding hydrogens is 240 g/mol. The minimum Gasteiger partial charge on any atom is -0.497 e. The molecule has 4 nitrogen and oxygen atoms in total. The van der Waals surface area contributed by atoms with E-state index in [1.807, 2.05) is 36.2 Å². The third-order valence-electron chi connectivity index (χ3n) is 2.96. The smallest absolute Gasteiger partial charge is 0.159 e. The number of hydrogen-bond acceptors (Lipinski definition) is 4. The number of Topliss-reactive ketones (excluding diaryl/α,β-unsaturated/α-hetero) is 1. The number of hydrogen-bond donors (Lipinski definition) is 0. The number of pyridine rings is 1. The molecule has 0 N–H and O–H groups in total. The maximum Gasteiger partial charge on any atom is 0.159 e. The molecule has 0 fully saturated rings. The number of nitrogens with zero attached hydrogens (tertiary/aromatic N) is 2. The third-order valence-corrected chi connectivity index (χ3v) is 2.96. The van der Waals surface area contributed by atoms with Gasteiger partial charge in [0.25, 0.3) is 0 Å². The number of methoxy groups -OCH3 is 1. The molecule has 2 aromatic rings. The summed E-state index contributed by atoms with van der Waals surface area (Å²) in [4.78, 5) is 17.6. The van der Waals surface area contributed by atoms with E-state index in [9.17, 15) is 4.79 Å². The summed E-state index contributed by atoms with van der Waals surface area (Å²) in [7, 11) is 3.55.